The highest BCUT2D eigenvalue weighted by Crippen LogP contribution is 2.26. The molecule has 0 saturated heterocycles. The summed E-state index contributed by atoms with van der Waals surface area (Å²) in [5, 5.41) is 28.0. The second-order valence-electron chi connectivity index (χ2n) is 7.19. The van der Waals surface area contributed by atoms with Crippen LogP contribution in [0.5, 0.6) is 0 Å². The lowest BCUT2D eigenvalue weighted by Gasteiger charge is -2.31. The Hall–Kier alpha value is -1.12. The molecule has 1 heterocycles. The van der Waals surface area contributed by atoms with Gasteiger partial charge in [-0.1, -0.05) is 36.6 Å². The first-order valence-electron chi connectivity index (χ1n) is 9.19. The van der Waals surface area contributed by atoms with E-state index >= 15 is 0 Å². The largest absolute Gasteiger partial charge is 0.480 e. The van der Waals surface area contributed by atoms with Crippen molar-refractivity contribution >= 4 is 24.7 Å². The zero-order chi connectivity index (χ0) is 19.2. The Balaban J connectivity index is 1.80. The van der Waals surface area contributed by atoms with Crippen molar-refractivity contribution in [2.75, 3.05) is 13.1 Å². The van der Waals surface area contributed by atoms with E-state index in [0.717, 1.165) is 31.1 Å². The minimum absolute atomic E-state index is 0.242. The van der Waals surface area contributed by atoms with Crippen LogP contribution in [0.25, 0.3) is 0 Å². The van der Waals surface area contributed by atoms with Gasteiger partial charge in [-0.3, -0.25) is 9.69 Å². The molecule has 0 saturated carbocycles. The van der Waals surface area contributed by atoms with Gasteiger partial charge in [0.25, 0.3) is 0 Å². The highest BCUT2D eigenvalue weighted by molar-refractivity contribution is 6.40. The van der Waals surface area contributed by atoms with E-state index < -0.39 is 18.6 Å². The first-order valence-corrected chi connectivity index (χ1v) is 9.56. The first kappa shape index (κ1) is 21.2. The molecule has 0 aromatic heterocycles. The van der Waals surface area contributed by atoms with Crippen molar-refractivity contribution in [3.8, 4) is 0 Å². The van der Waals surface area contributed by atoms with Crippen LogP contribution in [0.15, 0.2) is 18.2 Å². The molecule has 1 aromatic rings. The van der Waals surface area contributed by atoms with E-state index in [-0.39, 0.29) is 6.32 Å². The van der Waals surface area contributed by atoms with Crippen LogP contribution in [0.4, 0.5) is 0 Å². The maximum Gasteiger partial charge on any atom is 0.451 e. The fourth-order valence-electron chi connectivity index (χ4n) is 3.54. The number of unbranched alkanes of at least 4 members (excludes halogenated alkanes) is 1. The molecule has 1 aliphatic rings. The zero-order valence-electron chi connectivity index (χ0n) is 15.0. The average molecular weight is 383 g/mol. The van der Waals surface area contributed by atoms with Crippen molar-refractivity contribution in [1.82, 2.24) is 4.90 Å². The molecule has 6 nitrogen and oxygen atoms in total. The Morgan fingerprint density at radius 1 is 1.27 bits per heavy atom. The predicted molar refractivity (Wildman–Crippen MR) is 103 cm³/mol. The molecular weight excluding hydrogens is 354 g/mol. The van der Waals surface area contributed by atoms with Gasteiger partial charge in [-0.2, -0.15) is 0 Å². The van der Waals surface area contributed by atoms with Crippen molar-refractivity contribution in [1.29, 1.82) is 0 Å². The number of nitrogens with zero attached hydrogens (tertiary/aromatic N) is 1. The van der Waals surface area contributed by atoms with E-state index in [4.69, 9.17) is 27.4 Å². The molecule has 1 aliphatic heterocycles. The molecule has 1 atom stereocenters. The van der Waals surface area contributed by atoms with Gasteiger partial charge in [-0.15, -0.1) is 0 Å². The number of rotatable bonds is 10. The highest BCUT2D eigenvalue weighted by Gasteiger charge is 2.33. The van der Waals surface area contributed by atoms with E-state index in [2.05, 4.69) is 11.0 Å². The molecule has 0 amide bonds. The lowest BCUT2D eigenvalue weighted by molar-refractivity contribution is -0.144. The number of halogens is 1. The molecule has 26 heavy (non-hydrogen) atoms. The van der Waals surface area contributed by atoms with Gasteiger partial charge in [0, 0.05) is 18.1 Å². The van der Waals surface area contributed by atoms with Crippen LogP contribution in [0.1, 0.15) is 43.2 Å². The van der Waals surface area contributed by atoms with Crippen LogP contribution in [-0.2, 0) is 17.8 Å². The SMILES string of the molecule is NC(CCCCB(O)O)(CCCN1CCc2c(Cl)cccc2C1)C(=O)O. The van der Waals surface area contributed by atoms with Crippen molar-refractivity contribution in [2.24, 2.45) is 5.73 Å². The molecule has 0 radical (unpaired) electrons. The molecule has 1 unspecified atom stereocenters. The van der Waals surface area contributed by atoms with Gasteiger partial charge >= 0.3 is 13.1 Å². The Kier molecular flexibility index (Phi) is 7.92. The fourth-order valence-corrected chi connectivity index (χ4v) is 3.83. The van der Waals surface area contributed by atoms with Crippen molar-refractivity contribution < 1.29 is 19.9 Å². The maximum absolute atomic E-state index is 11.6. The summed E-state index contributed by atoms with van der Waals surface area (Å²) in [7, 11) is -1.34. The van der Waals surface area contributed by atoms with Crippen molar-refractivity contribution in [3.63, 3.8) is 0 Å². The molecule has 1 aromatic carbocycles. The van der Waals surface area contributed by atoms with Gasteiger partial charge in [0.15, 0.2) is 0 Å². The van der Waals surface area contributed by atoms with Gasteiger partial charge in [-0.05, 0) is 55.7 Å². The number of carbonyl (C=O) groups is 1. The highest BCUT2D eigenvalue weighted by atomic mass is 35.5. The topological polar surface area (TPSA) is 107 Å². The van der Waals surface area contributed by atoms with Crippen LogP contribution in [-0.4, -0.2) is 51.8 Å². The summed E-state index contributed by atoms with van der Waals surface area (Å²) in [6, 6.07) is 5.97. The van der Waals surface area contributed by atoms with Gasteiger partial charge < -0.3 is 20.9 Å². The van der Waals surface area contributed by atoms with Gasteiger partial charge in [-0.25, -0.2) is 0 Å². The van der Waals surface area contributed by atoms with Crippen LogP contribution < -0.4 is 5.73 Å². The summed E-state index contributed by atoms with van der Waals surface area (Å²) in [6.45, 7) is 2.54. The third-order valence-corrected chi connectivity index (χ3v) is 5.50. The Labute approximate surface area is 160 Å². The number of nitrogens with two attached hydrogens (primary N) is 1. The lowest BCUT2D eigenvalue weighted by atomic mass is 9.81. The average Bonchev–Trinajstić information content (AvgIpc) is 2.58. The molecule has 144 valence electrons. The van der Waals surface area contributed by atoms with Gasteiger partial charge in [0.05, 0.1) is 0 Å². The first-order chi connectivity index (χ1) is 12.3. The molecule has 0 aliphatic carbocycles. The normalized spacial score (nSPS) is 16.8. The number of benzene rings is 1. The number of carboxylic acids is 1. The monoisotopic (exact) mass is 382 g/mol. The Bertz CT molecular complexity index is 617. The van der Waals surface area contributed by atoms with E-state index in [9.17, 15) is 9.90 Å². The Morgan fingerprint density at radius 2 is 2.00 bits per heavy atom. The van der Waals surface area contributed by atoms with Gasteiger partial charge in [0.1, 0.15) is 5.54 Å². The van der Waals surface area contributed by atoms with Crippen LogP contribution in [0, 0.1) is 0 Å². The van der Waals surface area contributed by atoms with E-state index in [1.54, 1.807) is 0 Å². The van der Waals surface area contributed by atoms with Crippen molar-refractivity contribution in [3.05, 3.63) is 34.3 Å². The second-order valence-corrected chi connectivity index (χ2v) is 7.60. The van der Waals surface area contributed by atoms with Gasteiger partial charge in [0.2, 0.25) is 0 Å². The van der Waals surface area contributed by atoms with Crippen molar-refractivity contribution in [2.45, 2.75) is 56.9 Å². The molecule has 0 fully saturated rings. The molecule has 0 spiro atoms. The summed E-state index contributed by atoms with van der Waals surface area (Å²) in [4.78, 5) is 13.9. The molecule has 2 rings (SSSR count). The quantitative estimate of drug-likeness (QED) is 0.364. The third-order valence-electron chi connectivity index (χ3n) is 5.15. The number of fused-ring (bicyclic) bond motifs is 1. The minimum Gasteiger partial charge on any atom is -0.480 e. The summed E-state index contributed by atoms with van der Waals surface area (Å²) < 4.78 is 0. The number of hydrogen-bond acceptors (Lipinski definition) is 5. The third kappa shape index (κ3) is 5.96. The molecule has 5 N–H and O–H groups in total. The molecular formula is C18H28BClN2O4. The summed E-state index contributed by atoms with van der Waals surface area (Å²) in [5.41, 5.74) is 7.31. The van der Waals surface area contributed by atoms with Crippen LogP contribution in [0.2, 0.25) is 11.3 Å². The van der Waals surface area contributed by atoms with E-state index in [1.807, 2.05) is 12.1 Å². The predicted octanol–water partition coefficient (Wildman–Crippen LogP) is 1.90. The van der Waals surface area contributed by atoms with Crippen LogP contribution >= 0.6 is 11.6 Å². The summed E-state index contributed by atoms with van der Waals surface area (Å²) in [5.74, 6) is -0.988. The number of hydrogen-bond donors (Lipinski definition) is 4. The van der Waals surface area contributed by atoms with E-state index in [1.165, 1.54) is 11.1 Å². The molecule has 0 bridgehead atoms. The summed E-state index contributed by atoms with van der Waals surface area (Å²) in [6.07, 6.45) is 3.72. The fraction of sp³-hybridized carbons (Fsp3) is 0.611. The second kappa shape index (κ2) is 9.71. The zero-order valence-corrected chi connectivity index (χ0v) is 15.8. The minimum atomic E-state index is -1.34. The standard InChI is InChI=1S/C18H28BClN2O4/c20-16-6-3-5-14-13-22(12-7-15(14)16)11-4-9-18(21,17(23)24)8-1-2-10-19(25)26/h3,5-6,25-26H,1-2,4,7-13,21H2,(H,23,24). The maximum atomic E-state index is 11.6. The summed E-state index contributed by atoms with van der Waals surface area (Å²) >= 11 is 6.24. The number of carboxylic acid groups (broad SMARTS) is 1. The van der Waals surface area contributed by atoms with Crippen LogP contribution in [0.3, 0.4) is 0 Å². The smallest absolute Gasteiger partial charge is 0.451 e. The molecule has 8 heteroatoms. The van der Waals surface area contributed by atoms with E-state index in [0.29, 0.717) is 32.1 Å². The lowest BCUT2D eigenvalue weighted by Crippen LogP contribution is -2.48. The Morgan fingerprint density at radius 3 is 2.69 bits per heavy atom. The number of aliphatic carboxylic acids is 1.